The number of hydrogen-bond donors (Lipinski definition) is 1. The second-order valence-electron chi connectivity index (χ2n) is 4.00. The van der Waals surface area contributed by atoms with E-state index >= 15 is 0 Å². The Labute approximate surface area is 129 Å². The zero-order valence-corrected chi connectivity index (χ0v) is 12.7. The fraction of sp³-hybridized carbons (Fsp3) is 0.231. The Bertz CT molecular complexity index is 687. The molecule has 9 heteroatoms. The molecule has 0 bridgehead atoms. The van der Waals surface area contributed by atoms with Gasteiger partial charge in [-0.15, -0.1) is 11.3 Å². The molecule has 0 spiro atoms. The highest BCUT2D eigenvalue weighted by Gasteiger charge is 2.25. The van der Waals surface area contributed by atoms with E-state index in [2.05, 4.69) is 10.3 Å². The van der Waals surface area contributed by atoms with Crippen LogP contribution in [0.3, 0.4) is 0 Å². The summed E-state index contributed by atoms with van der Waals surface area (Å²) < 4.78 is 10.4. The summed E-state index contributed by atoms with van der Waals surface area (Å²) in [7, 11) is 1.40. The number of nitro groups is 1. The van der Waals surface area contributed by atoms with Crippen LogP contribution in [0.5, 0.6) is 11.5 Å². The predicted molar refractivity (Wildman–Crippen MR) is 80.9 cm³/mol. The van der Waals surface area contributed by atoms with Gasteiger partial charge in [0.15, 0.2) is 16.6 Å². The number of ether oxygens (including phenoxy) is 2. The summed E-state index contributed by atoms with van der Waals surface area (Å²) in [5.74, 6) is -0.178. The molecule has 22 heavy (non-hydrogen) atoms. The number of rotatable bonds is 6. The third-order valence-corrected chi connectivity index (χ3v) is 3.36. The molecular formula is C13H13N3O5S. The van der Waals surface area contributed by atoms with Gasteiger partial charge in [-0.05, 0) is 6.92 Å². The van der Waals surface area contributed by atoms with Crippen LogP contribution < -0.4 is 14.8 Å². The maximum absolute atomic E-state index is 12.2. The first-order valence-corrected chi connectivity index (χ1v) is 7.14. The van der Waals surface area contributed by atoms with Gasteiger partial charge in [-0.25, -0.2) is 4.98 Å². The van der Waals surface area contributed by atoms with Gasteiger partial charge in [-0.2, -0.15) is 0 Å². The third kappa shape index (κ3) is 3.31. The molecule has 0 aliphatic heterocycles. The lowest BCUT2D eigenvalue weighted by Gasteiger charge is -2.11. The minimum Gasteiger partial charge on any atom is -0.493 e. The largest absolute Gasteiger partial charge is 0.493 e. The van der Waals surface area contributed by atoms with Gasteiger partial charge in [-0.3, -0.25) is 20.2 Å². The van der Waals surface area contributed by atoms with E-state index in [1.165, 1.54) is 36.8 Å². The minimum atomic E-state index is -0.640. The van der Waals surface area contributed by atoms with Crippen LogP contribution in [0.15, 0.2) is 23.7 Å². The standard InChI is InChI=1S/C13H13N3O5S/c1-3-21-11-7-9(16(18)19)8(6-10(11)20-2)12(17)15-13-14-4-5-22-13/h4-7H,3H2,1-2H3,(H,14,15,17). The minimum absolute atomic E-state index is 0.125. The van der Waals surface area contributed by atoms with Gasteiger partial charge >= 0.3 is 0 Å². The number of anilines is 1. The molecule has 1 aromatic heterocycles. The lowest BCUT2D eigenvalue weighted by molar-refractivity contribution is -0.385. The molecule has 116 valence electrons. The molecule has 1 N–H and O–H groups in total. The highest BCUT2D eigenvalue weighted by atomic mass is 32.1. The summed E-state index contributed by atoms with van der Waals surface area (Å²) >= 11 is 1.21. The number of methoxy groups -OCH3 is 1. The van der Waals surface area contributed by atoms with Gasteiger partial charge in [0.1, 0.15) is 5.56 Å². The van der Waals surface area contributed by atoms with Crippen molar-refractivity contribution in [1.29, 1.82) is 0 Å². The quantitative estimate of drug-likeness (QED) is 0.647. The molecular weight excluding hydrogens is 310 g/mol. The second-order valence-corrected chi connectivity index (χ2v) is 4.90. The molecule has 8 nitrogen and oxygen atoms in total. The van der Waals surface area contributed by atoms with Crippen molar-refractivity contribution in [3.63, 3.8) is 0 Å². The number of carbonyl (C=O) groups is 1. The number of nitro benzene ring substituents is 1. The lowest BCUT2D eigenvalue weighted by atomic mass is 10.1. The Kier molecular flexibility index (Phi) is 4.89. The Morgan fingerprint density at radius 1 is 1.45 bits per heavy atom. The molecule has 0 fully saturated rings. The number of amides is 1. The van der Waals surface area contributed by atoms with Gasteiger partial charge in [0.2, 0.25) is 0 Å². The van der Waals surface area contributed by atoms with E-state index in [0.29, 0.717) is 11.7 Å². The van der Waals surface area contributed by atoms with Crippen molar-refractivity contribution in [2.75, 3.05) is 19.0 Å². The van der Waals surface area contributed by atoms with Crippen molar-refractivity contribution < 1.29 is 19.2 Å². The Balaban J connectivity index is 2.43. The Morgan fingerprint density at radius 3 is 2.77 bits per heavy atom. The number of carbonyl (C=O) groups excluding carboxylic acids is 1. The summed E-state index contributed by atoms with van der Waals surface area (Å²) in [5, 5.41) is 15.7. The predicted octanol–water partition coefficient (Wildman–Crippen LogP) is 2.71. The average molecular weight is 323 g/mol. The molecule has 1 heterocycles. The molecule has 1 aromatic carbocycles. The topological polar surface area (TPSA) is 104 Å². The second kappa shape index (κ2) is 6.85. The van der Waals surface area contributed by atoms with E-state index in [9.17, 15) is 14.9 Å². The van der Waals surface area contributed by atoms with Crippen LogP contribution in [0.1, 0.15) is 17.3 Å². The molecule has 0 atom stereocenters. The number of benzene rings is 1. The maximum atomic E-state index is 12.2. The van der Waals surface area contributed by atoms with Crippen LogP contribution in [-0.2, 0) is 0 Å². The SMILES string of the molecule is CCOc1cc([N+](=O)[O-])c(C(=O)Nc2nccs2)cc1OC. The molecule has 0 unspecified atom stereocenters. The van der Waals surface area contributed by atoms with E-state index < -0.39 is 10.8 Å². The van der Waals surface area contributed by atoms with Crippen LogP contribution >= 0.6 is 11.3 Å². The highest BCUT2D eigenvalue weighted by molar-refractivity contribution is 7.13. The van der Waals surface area contributed by atoms with Crippen molar-refractivity contribution in [3.8, 4) is 11.5 Å². The first-order chi connectivity index (χ1) is 10.6. The monoisotopic (exact) mass is 323 g/mol. The lowest BCUT2D eigenvalue weighted by Crippen LogP contribution is -2.14. The number of thiazole rings is 1. The zero-order valence-electron chi connectivity index (χ0n) is 11.9. The third-order valence-electron chi connectivity index (χ3n) is 2.68. The molecule has 0 aliphatic carbocycles. The number of hydrogen-bond acceptors (Lipinski definition) is 7. The summed E-state index contributed by atoms with van der Waals surface area (Å²) in [4.78, 5) is 26.7. The first-order valence-electron chi connectivity index (χ1n) is 6.26. The van der Waals surface area contributed by atoms with E-state index in [-0.39, 0.29) is 22.7 Å². The van der Waals surface area contributed by atoms with Crippen molar-refractivity contribution in [2.24, 2.45) is 0 Å². The van der Waals surface area contributed by atoms with E-state index in [1.54, 1.807) is 12.3 Å². The van der Waals surface area contributed by atoms with Crippen molar-refractivity contribution in [1.82, 2.24) is 4.98 Å². The van der Waals surface area contributed by atoms with Crippen LogP contribution in [0.2, 0.25) is 0 Å². The van der Waals surface area contributed by atoms with Crippen molar-refractivity contribution in [2.45, 2.75) is 6.92 Å². The molecule has 0 saturated carbocycles. The molecule has 0 saturated heterocycles. The summed E-state index contributed by atoms with van der Waals surface area (Å²) in [5.41, 5.74) is -0.487. The van der Waals surface area contributed by atoms with Gasteiger partial charge in [0.25, 0.3) is 11.6 Å². The molecule has 2 rings (SSSR count). The first kappa shape index (κ1) is 15.7. The van der Waals surface area contributed by atoms with Gasteiger partial charge in [0, 0.05) is 17.6 Å². The van der Waals surface area contributed by atoms with E-state index in [1.807, 2.05) is 0 Å². The smallest absolute Gasteiger partial charge is 0.286 e. The highest BCUT2D eigenvalue weighted by Crippen LogP contribution is 2.35. The van der Waals surface area contributed by atoms with Gasteiger partial charge in [0.05, 0.1) is 24.7 Å². The molecule has 0 aliphatic rings. The molecule has 0 radical (unpaired) electrons. The van der Waals surface area contributed by atoms with Gasteiger partial charge < -0.3 is 9.47 Å². The van der Waals surface area contributed by atoms with Crippen LogP contribution in [0.25, 0.3) is 0 Å². The van der Waals surface area contributed by atoms with Crippen LogP contribution in [-0.4, -0.2) is 29.5 Å². The molecule has 1 amide bonds. The Morgan fingerprint density at radius 2 is 2.23 bits per heavy atom. The average Bonchev–Trinajstić information content (AvgIpc) is 2.99. The summed E-state index contributed by atoms with van der Waals surface area (Å²) in [6, 6.07) is 2.46. The van der Waals surface area contributed by atoms with Crippen molar-refractivity contribution >= 4 is 28.1 Å². The van der Waals surface area contributed by atoms with Crippen molar-refractivity contribution in [3.05, 3.63) is 39.4 Å². The summed E-state index contributed by atoms with van der Waals surface area (Å²) in [6.45, 7) is 2.06. The zero-order chi connectivity index (χ0) is 16.1. The van der Waals surface area contributed by atoms with Crippen LogP contribution in [0, 0.1) is 10.1 Å². The van der Waals surface area contributed by atoms with Gasteiger partial charge in [-0.1, -0.05) is 0 Å². The number of nitrogens with zero attached hydrogens (tertiary/aromatic N) is 2. The maximum Gasteiger partial charge on any atom is 0.286 e. The normalized spacial score (nSPS) is 10.1. The van der Waals surface area contributed by atoms with E-state index in [4.69, 9.17) is 9.47 Å². The fourth-order valence-corrected chi connectivity index (χ4v) is 2.28. The number of aromatic nitrogens is 1. The Hall–Kier alpha value is -2.68. The van der Waals surface area contributed by atoms with E-state index in [0.717, 1.165) is 0 Å². The van der Waals surface area contributed by atoms with Crippen LogP contribution in [0.4, 0.5) is 10.8 Å². The summed E-state index contributed by atoms with van der Waals surface area (Å²) in [6.07, 6.45) is 1.52. The fourth-order valence-electron chi connectivity index (χ4n) is 1.76. The molecule has 2 aromatic rings. The number of nitrogens with one attached hydrogen (secondary N) is 1.